The van der Waals surface area contributed by atoms with E-state index >= 15 is 0 Å². The smallest absolute Gasteiger partial charge is 0.130 e. The fraction of sp³-hybridized carbons (Fsp3) is 0.154. The van der Waals surface area contributed by atoms with Crippen LogP contribution in [-0.4, -0.2) is 4.98 Å². The number of aryl methyl sites for hydroxylation is 1. The standard InChI is InChI=1S/C13H12BrNO/c1-10-8-12(5-6-13(10)14)16-9-11-4-2-3-7-15-11/h2-8H,9H2,1H3. The van der Waals surface area contributed by atoms with Crippen LogP contribution in [-0.2, 0) is 6.61 Å². The minimum atomic E-state index is 0.502. The molecule has 0 aliphatic carbocycles. The quantitative estimate of drug-likeness (QED) is 0.853. The summed E-state index contributed by atoms with van der Waals surface area (Å²) in [6, 6.07) is 11.7. The largest absolute Gasteiger partial charge is 0.487 e. The second-order valence-corrected chi connectivity index (χ2v) is 4.38. The monoisotopic (exact) mass is 277 g/mol. The second-order valence-electron chi connectivity index (χ2n) is 3.52. The van der Waals surface area contributed by atoms with Gasteiger partial charge in [-0.05, 0) is 42.8 Å². The first-order valence-electron chi connectivity index (χ1n) is 5.04. The number of aromatic nitrogens is 1. The Morgan fingerprint density at radius 1 is 1.25 bits per heavy atom. The lowest BCUT2D eigenvalue weighted by Crippen LogP contribution is -1.97. The second kappa shape index (κ2) is 5.12. The van der Waals surface area contributed by atoms with Crippen molar-refractivity contribution in [3.05, 3.63) is 58.3 Å². The van der Waals surface area contributed by atoms with Gasteiger partial charge in [-0.25, -0.2) is 0 Å². The van der Waals surface area contributed by atoms with Gasteiger partial charge in [0.15, 0.2) is 0 Å². The van der Waals surface area contributed by atoms with E-state index in [-0.39, 0.29) is 0 Å². The number of ether oxygens (including phenoxy) is 1. The van der Waals surface area contributed by atoms with E-state index in [1.807, 2.05) is 43.3 Å². The van der Waals surface area contributed by atoms with Gasteiger partial charge in [-0.2, -0.15) is 0 Å². The zero-order chi connectivity index (χ0) is 11.4. The summed E-state index contributed by atoms with van der Waals surface area (Å²) in [4.78, 5) is 4.20. The van der Waals surface area contributed by atoms with Gasteiger partial charge in [-0.3, -0.25) is 4.98 Å². The fourth-order valence-corrected chi connectivity index (χ4v) is 1.59. The molecule has 3 heteroatoms. The maximum absolute atomic E-state index is 5.64. The number of hydrogen-bond donors (Lipinski definition) is 0. The summed E-state index contributed by atoms with van der Waals surface area (Å²) in [5.74, 6) is 0.867. The van der Waals surface area contributed by atoms with Crippen LogP contribution >= 0.6 is 15.9 Å². The molecule has 0 radical (unpaired) electrons. The van der Waals surface area contributed by atoms with Gasteiger partial charge in [0.05, 0.1) is 5.69 Å². The maximum atomic E-state index is 5.64. The first-order valence-corrected chi connectivity index (χ1v) is 5.84. The zero-order valence-electron chi connectivity index (χ0n) is 8.98. The van der Waals surface area contributed by atoms with Crippen molar-refractivity contribution >= 4 is 15.9 Å². The molecule has 0 bridgehead atoms. The zero-order valence-corrected chi connectivity index (χ0v) is 10.6. The van der Waals surface area contributed by atoms with Crippen molar-refractivity contribution in [3.8, 4) is 5.75 Å². The first-order chi connectivity index (χ1) is 7.75. The van der Waals surface area contributed by atoms with Crippen molar-refractivity contribution in [1.82, 2.24) is 4.98 Å². The van der Waals surface area contributed by atoms with E-state index in [2.05, 4.69) is 20.9 Å². The summed E-state index contributed by atoms with van der Waals surface area (Å²) in [5, 5.41) is 0. The Bertz CT molecular complexity index is 471. The average Bonchev–Trinajstić information content (AvgIpc) is 2.32. The molecule has 1 heterocycles. The van der Waals surface area contributed by atoms with Gasteiger partial charge in [0, 0.05) is 10.7 Å². The molecular weight excluding hydrogens is 266 g/mol. The molecule has 2 rings (SSSR count). The highest BCUT2D eigenvalue weighted by Crippen LogP contribution is 2.22. The molecule has 16 heavy (non-hydrogen) atoms. The molecule has 2 aromatic rings. The fourth-order valence-electron chi connectivity index (χ4n) is 1.35. The van der Waals surface area contributed by atoms with Crippen LogP contribution in [0, 0.1) is 6.92 Å². The lowest BCUT2D eigenvalue weighted by Gasteiger charge is -2.07. The molecule has 0 aliphatic heterocycles. The van der Waals surface area contributed by atoms with Crippen LogP contribution in [0.1, 0.15) is 11.3 Å². The molecule has 82 valence electrons. The van der Waals surface area contributed by atoms with E-state index in [9.17, 15) is 0 Å². The topological polar surface area (TPSA) is 22.1 Å². The summed E-state index contributed by atoms with van der Waals surface area (Å²) in [7, 11) is 0. The van der Waals surface area contributed by atoms with Crippen LogP contribution in [0.2, 0.25) is 0 Å². The molecular formula is C13H12BrNO. The maximum Gasteiger partial charge on any atom is 0.130 e. The van der Waals surface area contributed by atoms with Crippen LogP contribution in [0.3, 0.4) is 0 Å². The van der Waals surface area contributed by atoms with Crippen LogP contribution in [0.4, 0.5) is 0 Å². The van der Waals surface area contributed by atoms with Gasteiger partial charge in [0.1, 0.15) is 12.4 Å². The molecule has 0 saturated carbocycles. The highest BCUT2D eigenvalue weighted by molar-refractivity contribution is 9.10. The molecule has 0 unspecified atom stereocenters. The van der Waals surface area contributed by atoms with Gasteiger partial charge in [-0.1, -0.05) is 22.0 Å². The van der Waals surface area contributed by atoms with E-state index < -0.39 is 0 Å². The van der Waals surface area contributed by atoms with Crippen molar-refractivity contribution in [2.45, 2.75) is 13.5 Å². The SMILES string of the molecule is Cc1cc(OCc2ccccn2)ccc1Br. The van der Waals surface area contributed by atoms with Crippen molar-refractivity contribution in [2.75, 3.05) is 0 Å². The Balaban J connectivity index is 2.03. The Kier molecular flexibility index (Phi) is 3.57. The van der Waals surface area contributed by atoms with Gasteiger partial charge < -0.3 is 4.74 Å². The van der Waals surface area contributed by atoms with Crippen LogP contribution in [0.25, 0.3) is 0 Å². The summed E-state index contributed by atoms with van der Waals surface area (Å²) in [5.41, 5.74) is 2.10. The van der Waals surface area contributed by atoms with Crippen LogP contribution in [0.5, 0.6) is 5.75 Å². The van der Waals surface area contributed by atoms with Gasteiger partial charge >= 0.3 is 0 Å². The molecule has 1 aromatic heterocycles. The van der Waals surface area contributed by atoms with E-state index in [1.165, 1.54) is 5.56 Å². The number of pyridine rings is 1. The third-order valence-electron chi connectivity index (χ3n) is 2.24. The minimum absolute atomic E-state index is 0.502. The van der Waals surface area contributed by atoms with Gasteiger partial charge in [-0.15, -0.1) is 0 Å². The molecule has 0 fully saturated rings. The molecule has 0 aliphatic rings. The van der Waals surface area contributed by atoms with Gasteiger partial charge in [0.2, 0.25) is 0 Å². The van der Waals surface area contributed by atoms with E-state index in [4.69, 9.17) is 4.74 Å². The van der Waals surface area contributed by atoms with Crippen molar-refractivity contribution in [1.29, 1.82) is 0 Å². The van der Waals surface area contributed by atoms with Crippen LogP contribution < -0.4 is 4.74 Å². The Hall–Kier alpha value is -1.35. The molecule has 0 atom stereocenters. The minimum Gasteiger partial charge on any atom is -0.487 e. The van der Waals surface area contributed by atoms with E-state index in [1.54, 1.807) is 6.20 Å². The van der Waals surface area contributed by atoms with Crippen molar-refractivity contribution in [3.63, 3.8) is 0 Å². The number of rotatable bonds is 3. The summed E-state index contributed by atoms with van der Waals surface area (Å²) < 4.78 is 6.74. The lowest BCUT2D eigenvalue weighted by molar-refractivity contribution is 0.301. The van der Waals surface area contributed by atoms with E-state index in [0.29, 0.717) is 6.61 Å². The third kappa shape index (κ3) is 2.83. The molecule has 0 spiro atoms. The first kappa shape index (κ1) is 11.1. The Morgan fingerprint density at radius 3 is 2.81 bits per heavy atom. The third-order valence-corrected chi connectivity index (χ3v) is 3.13. The molecule has 0 N–H and O–H groups in total. The molecule has 0 amide bonds. The predicted molar refractivity (Wildman–Crippen MR) is 67.4 cm³/mol. The predicted octanol–water partition coefficient (Wildman–Crippen LogP) is 3.73. The summed E-state index contributed by atoms with van der Waals surface area (Å²) in [6.45, 7) is 2.54. The average molecular weight is 278 g/mol. The van der Waals surface area contributed by atoms with E-state index in [0.717, 1.165) is 15.9 Å². The van der Waals surface area contributed by atoms with Crippen LogP contribution in [0.15, 0.2) is 47.1 Å². The molecule has 0 saturated heterocycles. The highest BCUT2D eigenvalue weighted by atomic mass is 79.9. The Labute approximate surface area is 103 Å². The number of benzene rings is 1. The number of halogens is 1. The van der Waals surface area contributed by atoms with Crippen molar-refractivity contribution < 1.29 is 4.74 Å². The Morgan fingerprint density at radius 2 is 2.12 bits per heavy atom. The summed E-state index contributed by atoms with van der Waals surface area (Å²) >= 11 is 3.46. The summed E-state index contributed by atoms with van der Waals surface area (Å²) in [6.07, 6.45) is 1.77. The number of nitrogens with zero attached hydrogens (tertiary/aromatic N) is 1. The highest BCUT2D eigenvalue weighted by Gasteiger charge is 1.99. The number of hydrogen-bond acceptors (Lipinski definition) is 2. The molecule has 1 aromatic carbocycles. The van der Waals surface area contributed by atoms with Crippen molar-refractivity contribution in [2.24, 2.45) is 0 Å². The molecule has 2 nitrogen and oxygen atoms in total. The lowest BCUT2D eigenvalue weighted by atomic mass is 10.2. The normalized spacial score (nSPS) is 10.1. The van der Waals surface area contributed by atoms with Gasteiger partial charge in [0.25, 0.3) is 0 Å².